The zero-order valence-electron chi connectivity index (χ0n) is 8.40. The Hall–Kier alpha value is -1.43. The Balaban J connectivity index is 2.25. The molecule has 0 spiro atoms. The van der Waals surface area contributed by atoms with Crippen molar-refractivity contribution in [2.45, 2.75) is 6.92 Å². The number of rotatable bonds is 2. The molecule has 0 aliphatic rings. The van der Waals surface area contributed by atoms with Crippen LogP contribution in [0.3, 0.4) is 0 Å². The molecule has 2 rings (SSSR count). The van der Waals surface area contributed by atoms with Gasteiger partial charge in [-0.05, 0) is 22.9 Å². The second kappa shape index (κ2) is 3.98. The van der Waals surface area contributed by atoms with E-state index in [1.54, 1.807) is 4.68 Å². The van der Waals surface area contributed by atoms with Crippen molar-refractivity contribution < 1.29 is 0 Å². The maximum Gasteiger partial charge on any atom is 0.134 e. The predicted molar refractivity (Wildman–Crippen MR) is 61.0 cm³/mol. The summed E-state index contributed by atoms with van der Waals surface area (Å²) >= 11 is 3.29. The molecule has 0 unspecified atom stereocenters. The first-order valence-electron chi connectivity index (χ1n) is 4.40. The highest BCUT2D eigenvalue weighted by Gasteiger charge is 2.03. The lowest BCUT2D eigenvalue weighted by Crippen LogP contribution is -1.94. The van der Waals surface area contributed by atoms with Gasteiger partial charge in [-0.3, -0.25) is 4.68 Å². The van der Waals surface area contributed by atoms with Crippen molar-refractivity contribution in [3.8, 4) is 0 Å². The summed E-state index contributed by atoms with van der Waals surface area (Å²) in [5, 5.41) is 7.40. The molecule has 0 saturated heterocycles. The van der Waals surface area contributed by atoms with Crippen LogP contribution in [0.5, 0.6) is 0 Å². The molecule has 15 heavy (non-hydrogen) atoms. The summed E-state index contributed by atoms with van der Waals surface area (Å²) < 4.78 is 2.51. The highest BCUT2D eigenvalue weighted by Crippen LogP contribution is 2.18. The second-order valence-corrected chi connectivity index (χ2v) is 3.97. The Morgan fingerprint density at radius 1 is 1.40 bits per heavy atom. The van der Waals surface area contributed by atoms with Gasteiger partial charge in [-0.25, -0.2) is 9.97 Å². The van der Waals surface area contributed by atoms with Crippen LogP contribution >= 0.6 is 15.9 Å². The molecule has 0 radical (unpaired) electrons. The van der Waals surface area contributed by atoms with Gasteiger partial charge in [0.25, 0.3) is 0 Å². The van der Waals surface area contributed by atoms with E-state index in [1.165, 1.54) is 6.33 Å². The summed E-state index contributed by atoms with van der Waals surface area (Å²) in [7, 11) is 1.88. The van der Waals surface area contributed by atoms with E-state index in [-0.39, 0.29) is 0 Å². The Labute approximate surface area is 95.7 Å². The average Bonchev–Trinajstić information content (AvgIpc) is 2.45. The molecule has 0 fully saturated rings. The van der Waals surface area contributed by atoms with E-state index in [9.17, 15) is 0 Å². The number of halogens is 1. The highest BCUT2D eigenvalue weighted by atomic mass is 79.9. The van der Waals surface area contributed by atoms with Crippen LogP contribution in [0.15, 0.2) is 23.2 Å². The number of nitrogens with zero attached hydrogens (tertiary/aromatic N) is 4. The zero-order chi connectivity index (χ0) is 10.8. The van der Waals surface area contributed by atoms with Crippen molar-refractivity contribution in [1.82, 2.24) is 19.7 Å². The van der Waals surface area contributed by atoms with Gasteiger partial charge in [-0.2, -0.15) is 5.10 Å². The first kappa shape index (κ1) is 10.1. The monoisotopic (exact) mass is 267 g/mol. The smallest absolute Gasteiger partial charge is 0.134 e. The van der Waals surface area contributed by atoms with E-state index in [2.05, 4.69) is 36.3 Å². The van der Waals surface area contributed by atoms with Crippen molar-refractivity contribution in [3.63, 3.8) is 0 Å². The quantitative estimate of drug-likeness (QED) is 0.846. The van der Waals surface area contributed by atoms with E-state index >= 15 is 0 Å². The molecule has 78 valence electrons. The van der Waals surface area contributed by atoms with Crippen LogP contribution in [-0.2, 0) is 7.05 Å². The number of aromatic nitrogens is 4. The first-order chi connectivity index (χ1) is 7.15. The Morgan fingerprint density at radius 3 is 2.80 bits per heavy atom. The van der Waals surface area contributed by atoms with Crippen molar-refractivity contribution >= 4 is 27.4 Å². The number of hydrogen-bond acceptors (Lipinski definition) is 4. The predicted octanol–water partition coefficient (Wildman–Crippen LogP) is 2.02. The van der Waals surface area contributed by atoms with Gasteiger partial charge in [0.1, 0.15) is 16.7 Å². The highest BCUT2D eigenvalue weighted by molar-refractivity contribution is 9.10. The minimum absolute atomic E-state index is 0.743. The van der Waals surface area contributed by atoms with Crippen molar-refractivity contribution in [1.29, 1.82) is 0 Å². The summed E-state index contributed by atoms with van der Waals surface area (Å²) in [5.41, 5.74) is 1.88. The third kappa shape index (κ3) is 2.33. The SMILES string of the molecule is Cc1nn(C)cc1Nc1cc(Br)ncn1. The second-order valence-electron chi connectivity index (χ2n) is 3.15. The topological polar surface area (TPSA) is 55.6 Å². The lowest BCUT2D eigenvalue weighted by molar-refractivity contribution is 0.756. The molecule has 6 heteroatoms. The zero-order valence-corrected chi connectivity index (χ0v) is 9.98. The number of hydrogen-bond donors (Lipinski definition) is 1. The van der Waals surface area contributed by atoms with Gasteiger partial charge in [-0.15, -0.1) is 0 Å². The van der Waals surface area contributed by atoms with Crippen LogP contribution in [0.2, 0.25) is 0 Å². The van der Waals surface area contributed by atoms with Gasteiger partial charge in [0, 0.05) is 19.3 Å². The Bertz CT molecular complexity index is 479. The minimum Gasteiger partial charge on any atom is -0.337 e. The fraction of sp³-hybridized carbons (Fsp3) is 0.222. The van der Waals surface area contributed by atoms with Gasteiger partial charge >= 0.3 is 0 Å². The van der Waals surface area contributed by atoms with E-state index < -0.39 is 0 Å². The molecule has 2 aromatic heterocycles. The Kier molecular flexibility index (Phi) is 2.68. The fourth-order valence-corrected chi connectivity index (χ4v) is 1.57. The van der Waals surface area contributed by atoms with Crippen LogP contribution in [-0.4, -0.2) is 19.7 Å². The van der Waals surface area contributed by atoms with Crippen LogP contribution in [0, 0.1) is 6.92 Å². The van der Waals surface area contributed by atoms with Gasteiger partial charge < -0.3 is 5.32 Å². The standard InChI is InChI=1S/C9H10BrN5/c1-6-7(4-15(2)14-6)13-9-3-8(10)11-5-12-9/h3-5H,1-2H3,(H,11,12,13). The molecule has 2 heterocycles. The van der Waals surface area contributed by atoms with Gasteiger partial charge in [0.15, 0.2) is 0 Å². The van der Waals surface area contributed by atoms with E-state index in [0.717, 1.165) is 21.8 Å². The van der Waals surface area contributed by atoms with Crippen LogP contribution in [0.4, 0.5) is 11.5 Å². The molecule has 2 aromatic rings. The number of anilines is 2. The molecule has 0 amide bonds. The normalized spacial score (nSPS) is 10.3. The third-order valence-corrected chi connectivity index (χ3v) is 2.34. The molecule has 1 N–H and O–H groups in total. The maximum atomic E-state index is 4.23. The van der Waals surface area contributed by atoms with Crippen molar-refractivity contribution in [2.75, 3.05) is 5.32 Å². The van der Waals surface area contributed by atoms with Crippen LogP contribution < -0.4 is 5.32 Å². The molecule has 0 aliphatic heterocycles. The fourth-order valence-electron chi connectivity index (χ4n) is 1.26. The van der Waals surface area contributed by atoms with Crippen molar-refractivity contribution in [3.05, 3.63) is 28.9 Å². The van der Waals surface area contributed by atoms with E-state index in [1.807, 2.05) is 26.2 Å². The van der Waals surface area contributed by atoms with Crippen molar-refractivity contribution in [2.24, 2.45) is 7.05 Å². The lowest BCUT2D eigenvalue weighted by Gasteiger charge is -2.02. The maximum absolute atomic E-state index is 4.23. The molecule has 0 atom stereocenters. The van der Waals surface area contributed by atoms with Gasteiger partial charge in [-0.1, -0.05) is 0 Å². The van der Waals surface area contributed by atoms with E-state index in [4.69, 9.17) is 0 Å². The minimum atomic E-state index is 0.743. The molecule has 5 nitrogen and oxygen atoms in total. The largest absolute Gasteiger partial charge is 0.337 e. The van der Waals surface area contributed by atoms with Gasteiger partial charge in [0.05, 0.1) is 11.4 Å². The molecular formula is C9H10BrN5. The summed E-state index contributed by atoms with van der Waals surface area (Å²) in [4.78, 5) is 8.05. The van der Waals surface area contributed by atoms with Gasteiger partial charge in [0.2, 0.25) is 0 Å². The number of aryl methyl sites for hydroxylation is 2. The molecule has 0 saturated carbocycles. The molecule has 0 aliphatic carbocycles. The third-order valence-electron chi connectivity index (χ3n) is 1.91. The Morgan fingerprint density at radius 2 is 2.20 bits per heavy atom. The number of nitrogens with one attached hydrogen (secondary N) is 1. The van der Waals surface area contributed by atoms with Crippen LogP contribution in [0.25, 0.3) is 0 Å². The summed E-state index contributed by atoms with van der Waals surface area (Å²) in [6.07, 6.45) is 3.41. The molecular weight excluding hydrogens is 258 g/mol. The summed E-state index contributed by atoms with van der Waals surface area (Å²) in [5.74, 6) is 0.743. The first-order valence-corrected chi connectivity index (χ1v) is 5.19. The average molecular weight is 268 g/mol. The summed E-state index contributed by atoms with van der Waals surface area (Å²) in [6.45, 7) is 1.94. The molecule has 0 aromatic carbocycles. The van der Waals surface area contributed by atoms with Crippen LogP contribution in [0.1, 0.15) is 5.69 Å². The lowest BCUT2D eigenvalue weighted by atomic mass is 10.4. The summed E-state index contributed by atoms with van der Waals surface area (Å²) in [6, 6.07) is 1.81. The van der Waals surface area contributed by atoms with E-state index in [0.29, 0.717) is 0 Å². The molecule has 0 bridgehead atoms.